The van der Waals surface area contributed by atoms with Crippen LogP contribution >= 0.6 is 11.3 Å². The van der Waals surface area contributed by atoms with E-state index in [4.69, 9.17) is 0 Å². The Kier molecular flexibility index (Phi) is 5.53. The summed E-state index contributed by atoms with van der Waals surface area (Å²) in [6.07, 6.45) is 0. The van der Waals surface area contributed by atoms with Crippen LogP contribution in [0.4, 0.5) is 4.79 Å². The van der Waals surface area contributed by atoms with Crippen LogP contribution in [0.2, 0.25) is 0 Å². The lowest BCUT2D eigenvalue weighted by molar-refractivity contribution is -0.121. The number of H-pyrrole nitrogens is 1. The van der Waals surface area contributed by atoms with Crippen LogP contribution < -0.4 is 20.8 Å². The van der Waals surface area contributed by atoms with Gasteiger partial charge in [0.2, 0.25) is 5.91 Å². The number of hydrogen-bond donors (Lipinski definition) is 4. The zero-order valence-corrected chi connectivity index (χ0v) is 11.0. The predicted molar refractivity (Wildman–Crippen MR) is 68.5 cm³/mol. The normalized spacial score (nSPS) is 11.9. The van der Waals surface area contributed by atoms with Crippen molar-refractivity contribution in [3.63, 3.8) is 0 Å². The van der Waals surface area contributed by atoms with Gasteiger partial charge in [0.1, 0.15) is 0 Å². The molecule has 18 heavy (non-hydrogen) atoms. The van der Waals surface area contributed by atoms with Crippen molar-refractivity contribution in [3.05, 3.63) is 20.7 Å². The van der Waals surface area contributed by atoms with Gasteiger partial charge in [0, 0.05) is 24.2 Å². The number of carbonyl (C=O) groups excluding carboxylic acids is 2. The Balaban J connectivity index is 2.36. The van der Waals surface area contributed by atoms with E-state index in [2.05, 4.69) is 20.9 Å². The number of imide groups is 1. The SMILES string of the molecule is CCNC(=O)NC(=O)C(C)NCc1csc(=O)[nH]1. The summed E-state index contributed by atoms with van der Waals surface area (Å²) in [7, 11) is 0. The maximum atomic E-state index is 11.6. The highest BCUT2D eigenvalue weighted by Crippen LogP contribution is 1.95. The first-order valence-corrected chi connectivity index (χ1v) is 6.39. The van der Waals surface area contributed by atoms with E-state index in [-0.39, 0.29) is 4.87 Å². The van der Waals surface area contributed by atoms with Gasteiger partial charge in [-0.05, 0) is 13.8 Å². The molecule has 8 heteroatoms. The Morgan fingerprint density at radius 1 is 1.50 bits per heavy atom. The summed E-state index contributed by atoms with van der Waals surface area (Å²) in [6.45, 7) is 4.22. The molecule has 0 fully saturated rings. The van der Waals surface area contributed by atoms with E-state index in [1.807, 2.05) is 0 Å². The molecule has 1 heterocycles. The quantitative estimate of drug-likeness (QED) is 0.594. The fourth-order valence-corrected chi connectivity index (χ4v) is 1.76. The highest BCUT2D eigenvalue weighted by molar-refractivity contribution is 7.07. The van der Waals surface area contributed by atoms with E-state index >= 15 is 0 Å². The second-order valence-electron chi connectivity index (χ2n) is 3.62. The lowest BCUT2D eigenvalue weighted by Gasteiger charge is -2.12. The molecule has 0 spiro atoms. The van der Waals surface area contributed by atoms with Gasteiger partial charge < -0.3 is 15.6 Å². The number of urea groups is 1. The van der Waals surface area contributed by atoms with Crippen molar-refractivity contribution in [2.75, 3.05) is 6.54 Å². The van der Waals surface area contributed by atoms with E-state index in [1.54, 1.807) is 19.2 Å². The number of thiazole rings is 1. The standard InChI is InChI=1S/C10H16N4O3S/c1-3-11-9(16)14-8(15)6(2)12-4-7-5-18-10(17)13-7/h5-6,12H,3-4H2,1-2H3,(H,13,17)(H2,11,14,15,16). The van der Waals surface area contributed by atoms with Crippen LogP contribution in [0, 0.1) is 0 Å². The molecule has 1 unspecified atom stereocenters. The van der Waals surface area contributed by atoms with Crippen molar-refractivity contribution in [1.82, 2.24) is 20.9 Å². The van der Waals surface area contributed by atoms with Crippen LogP contribution in [-0.2, 0) is 11.3 Å². The smallest absolute Gasteiger partial charge is 0.321 e. The molecule has 0 aliphatic carbocycles. The molecule has 0 bridgehead atoms. The van der Waals surface area contributed by atoms with E-state index in [9.17, 15) is 14.4 Å². The first-order chi connectivity index (χ1) is 8.52. The molecule has 0 aliphatic rings. The zero-order valence-electron chi connectivity index (χ0n) is 10.2. The molecule has 1 rings (SSSR count). The Bertz CT molecular complexity index is 468. The lowest BCUT2D eigenvalue weighted by atomic mass is 10.3. The van der Waals surface area contributed by atoms with Crippen LogP contribution in [0.3, 0.4) is 0 Å². The average molecular weight is 272 g/mol. The number of amides is 3. The largest absolute Gasteiger partial charge is 0.338 e. The van der Waals surface area contributed by atoms with Crippen LogP contribution in [-0.4, -0.2) is 29.5 Å². The van der Waals surface area contributed by atoms with Crippen molar-refractivity contribution >= 4 is 23.3 Å². The second kappa shape index (κ2) is 6.92. The van der Waals surface area contributed by atoms with E-state index in [0.717, 1.165) is 11.3 Å². The molecule has 1 aromatic rings. The summed E-state index contributed by atoms with van der Waals surface area (Å²) in [5.74, 6) is -0.418. The molecule has 0 saturated carbocycles. The molecular formula is C10H16N4O3S. The molecule has 0 radical (unpaired) electrons. The zero-order chi connectivity index (χ0) is 13.5. The van der Waals surface area contributed by atoms with Gasteiger partial charge in [0.05, 0.1) is 6.04 Å². The molecule has 7 nitrogen and oxygen atoms in total. The van der Waals surface area contributed by atoms with Crippen molar-refractivity contribution < 1.29 is 9.59 Å². The Labute approximate surface area is 108 Å². The highest BCUT2D eigenvalue weighted by atomic mass is 32.1. The van der Waals surface area contributed by atoms with Gasteiger partial charge in [-0.25, -0.2) is 4.79 Å². The Morgan fingerprint density at radius 3 is 2.78 bits per heavy atom. The predicted octanol–water partition coefficient (Wildman–Crippen LogP) is -0.240. The third-order valence-electron chi connectivity index (χ3n) is 2.14. The molecule has 4 N–H and O–H groups in total. The summed E-state index contributed by atoms with van der Waals surface area (Å²) in [4.78, 5) is 36.0. The minimum absolute atomic E-state index is 0.133. The maximum Gasteiger partial charge on any atom is 0.321 e. The van der Waals surface area contributed by atoms with E-state index in [0.29, 0.717) is 18.8 Å². The monoisotopic (exact) mass is 272 g/mol. The number of rotatable bonds is 5. The fourth-order valence-electron chi connectivity index (χ4n) is 1.18. The summed E-state index contributed by atoms with van der Waals surface area (Å²) >= 11 is 1.07. The minimum Gasteiger partial charge on any atom is -0.338 e. The molecule has 0 aromatic carbocycles. The van der Waals surface area contributed by atoms with Crippen molar-refractivity contribution in [1.29, 1.82) is 0 Å². The van der Waals surface area contributed by atoms with Crippen LogP contribution in [0.1, 0.15) is 19.5 Å². The van der Waals surface area contributed by atoms with Gasteiger partial charge in [-0.2, -0.15) is 0 Å². The van der Waals surface area contributed by atoms with Gasteiger partial charge in [-0.1, -0.05) is 11.3 Å². The topological polar surface area (TPSA) is 103 Å². The number of aromatic amines is 1. The van der Waals surface area contributed by atoms with Crippen molar-refractivity contribution in [2.24, 2.45) is 0 Å². The minimum atomic E-state index is -0.531. The molecule has 100 valence electrons. The highest BCUT2D eigenvalue weighted by Gasteiger charge is 2.14. The fraction of sp³-hybridized carbons (Fsp3) is 0.500. The molecule has 3 amide bonds. The molecule has 1 aromatic heterocycles. The van der Waals surface area contributed by atoms with Gasteiger partial charge in [-0.15, -0.1) is 0 Å². The first-order valence-electron chi connectivity index (χ1n) is 5.51. The van der Waals surface area contributed by atoms with Crippen LogP contribution in [0.25, 0.3) is 0 Å². The average Bonchev–Trinajstić information content (AvgIpc) is 2.72. The van der Waals surface area contributed by atoms with Crippen LogP contribution in [0.15, 0.2) is 10.2 Å². The second-order valence-corrected chi connectivity index (χ2v) is 4.47. The van der Waals surface area contributed by atoms with Crippen LogP contribution in [0.5, 0.6) is 0 Å². The lowest BCUT2D eigenvalue weighted by Crippen LogP contribution is -2.47. The molecular weight excluding hydrogens is 256 g/mol. The number of aromatic nitrogens is 1. The van der Waals surface area contributed by atoms with Gasteiger partial charge >= 0.3 is 10.9 Å². The third-order valence-corrected chi connectivity index (χ3v) is 2.86. The maximum absolute atomic E-state index is 11.6. The Morgan fingerprint density at radius 2 is 2.22 bits per heavy atom. The summed E-state index contributed by atoms with van der Waals surface area (Å²) in [5.41, 5.74) is 0.711. The number of nitrogens with one attached hydrogen (secondary N) is 4. The number of carbonyl (C=O) groups is 2. The van der Waals surface area contributed by atoms with Gasteiger partial charge in [0.15, 0.2) is 0 Å². The summed E-state index contributed by atoms with van der Waals surface area (Å²) in [5, 5.41) is 9.25. The summed E-state index contributed by atoms with van der Waals surface area (Å²) < 4.78 is 0. The molecule has 0 saturated heterocycles. The molecule has 1 atom stereocenters. The number of hydrogen-bond acceptors (Lipinski definition) is 5. The molecule has 0 aliphatic heterocycles. The van der Waals surface area contributed by atoms with Gasteiger partial charge in [0.25, 0.3) is 0 Å². The third kappa shape index (κ3) is 4.68. The summed E-state index contributed by atoms with van der Waals surface area (Å²) in [6, 6.07) is -1.05. The Hall–Kier alpha value is -1.67. The van der Waals surface area contributed by atoms with Crippen molar-refractivity contribution in [2.45, 2.75) is 26.4 Å². The van der Waals surface area contributed by atoms with Gasteiger partial charge in [-0.3, -0.25) is 14.9 Å². The van der Waals surface area contributed by atoms with E-state index < -0.39 is 18.0 Å². The van der Waals surface area contributed by atoms with Crippen molar-refractivity contribution in [3.8, 4) is 0 Å². The van der Waals surface area contributed by atoms with E-state index in [1.165, 1.54) is 0 Å². The first kappa shape index (κ1) is 14.4.